The van der Waals surface area contributed by atoms with Gasteiger partial charge in [-0.25, -0.2) is 0 Å². The van der Waals surface area contributed by atoms with E-state index in [9.17, 15) is 9.59 Å². The van der Waals surface area contributed by atoms with Crippen LogP contribution >= 0.6 is 0 Å². The molecule has 1 fully saturated rings. The number of carbonyl (C=O) groups is 2. The number of rotatable bonds is 5. The summed E-state index contributed by atoms with van der Waals surface area (Å²) >= 11 is 0. The third-order valence-corrected chi connectivity index (χ3v) is 3.84. The molecule has 0 radical (unpaired) electrons. The number of nitrogens with one attached hydrogen (secondary N) is 2. The van der Waals surface area contributed by atoms with Gasteiger partial charge in [-0.1, -0.05) is 32.0 Å². The molecule has 1 aliphatic heterocycles. The van der Waals surface area contributed by atoms with E-state index in [4.69, 9.17) is 4.74 Å². The Morgan fingerprint density at radius 2 is 2.14 bits per heavy atom. The molecule has 1 atom stereocenters. The van der Waals surface area contributed by atoms with Gasteiger partial charge in [0.2, 0.25) is 11.8 Å². The van der Waals surface area contributed by atoms with Gasteiger partial charge in [-0.05, 0) is 36.8 Å². The fraction of sp³-hybridized carbons (Fsp3) is 0.529. The van der Waals surface area contributed by atoms with Crippen molar-refractivity contribution in [2.24, 2.45) is 0 Å². The second-order valence-corrected chi connectivity index (χ2v) is 5.96. The number of anilines is 1. The van der Waals surface area contributed by atoms with E-state index < -0.39 is 6.10 Å². The lowest BCUT2D eigenvalue weighted by Crippen LogP contribution is -2.39. The lowest BCUT2D eigenvalue weighted by atomic mass is 9.98. The van der Waals surface area contributed by atoms with E-state index in [-0.39, 0.29) is 18.4 Å². The summed E-state index contributed by atoms with van der Waals surface area (Å²) in [5.74, 6) is -0.110. The summed E-state index contributed by atoms with van der Waals surface area (Å²) in [6, 6.07) is 5.96. The standard InChI is InChI=1S/C17H24N2O3/c1-11(2)13-7-4-6-12(3)16(13)19-15(20)10-18-17(21)14-8-5-9-22-14/h4,6-7,11,14H,5,8-10H2,1-3H3,(H,18,21)(H,19,20). The molecule has 1 aliphatic rings. The predicted molar refractivity (Wildman–Crippen MR) is 85.9 cm³/mol. The highest BCUT2D eigenvalue weighted by molar-refractivity contribution is 5.96. The average molecular weight is 304 g/mol. The first kappa shape index (κ1) is 16.5. The number of ether oxygens (including phenoxy) is 1. The monoisotopic (exact) mass is 304 g/mol. The largest absolute Gasteiger partial charge is 0.368 e. The van der Waals surface area contributed by atoms with Gasteiger partial charge in [0.05, 0.1) is 6.54 Å². The topological polar surface area (TPSA) is 67.4 Å². The molecule has 22 heavy (non-hydrogen) atoms. The van der Waals surface area contributed by atoms with Crippen LogP contribution in [0.3, 0.4) is 0 Å². The Kier molecular flexibility index (Phi) is 5.55. The van der Waals surface area contributed by atoms with Crippen molar-refractivity contribution >= 4 is 17.5 Å². The number of carbonyl (C=O) groups excluding carboxylic acids is 2. The highest BCUT2D eigenvalue weighted by atomic mass is 16.5. The van der Waals surface area contributed by atoms with Crippen LogP contribution in [0.15, 0.2) is 18.2 Å². The van der Waals surface area contributed by atoms with E-state index in [1.807, 2.05) is 25.1 Å². The normalized spacial score (nSPS) is 17.5. The third kappa shape index (κ3) is 4.07. The molecule has 2 amide bonds. The van der Waals surface area contributed by atoms with Crippen molar-refractivity contribution in [3.8, 4) is 0 Å². The van der Waals surface area contributed by atoms with Crippen molar-refractivity contribution < 1.29 is 14.3 Å². The quantitative estimate of drug-likeness (QED) is 0.877. The minimum atomic E-state index is -0.405. The van der Waals surface area contributed by atoms with Gasteiger partial charge in [-0.15, -0.1) is 0 Å². The van der Waals surface area contributed by atoms with Crippen molar-refractivity contribution in [3.05, 3.63) is 29.3 Å². The van der Waals surface area contributed by atoms with Crippen molar-refractivity contribution in [2.75, 3.05) is 18.5 Å². The van der Waals surface area contributed by atoms with Gasteiger partial charge < -0.3 is 15.4 Å². The van der Waals surface area contributed by atoms with Crippen LogP contribution in [0.1, 0.15) is 43.7 Å². The molecule has 1 unspecified atom stereocenters. The van der Waals surface area contributed by atoms with Gasteiger partial charge >= 0.3 is 0 Å². The number of hydrogen-bond donors (Lipinski definition) is 2. The van der Waals surface area contributed by atoms with Crippen LogP contribution in [-0.2, 0) is 14.3 Å². The summed E-state index contributed by atoms with van der Waals surface area (Å²) in [5.41, 5.74) is 2.96. The van der Waals surface area contributed by atoms with Crippen LogP contribution in [-0.4, -0.2) is 31.1 Å². The molecule has 5 heteroatoms. The molecule has 1 aromatic carbocycles. The smallest absolute Gasteiger partial charge is 0.249 e. The van der Waals surface area contributed by atoms with E-state index in [0.717, 1.165) is 29.7 Å². The van der Waals surface area contributed by atoms with Crippen molar-refractivity contribution in [1.82, 2.24) is 5.32 Å². The summed E-state index contributed by atoms with van der Waals surface area (Å²) < 4.78 is 5.29. The Morgan fingerprint density at radius 1 is 1.36 bits per heavy atom. The summed E-state index contributed by atoms with van der Waals surface area (Å²) in [6.45, 7) is 6.72. The molecule has 1 saturated heterocycles. The highest BCUT2D eigenvalue weighted by Gasteiger charge is 2.23. The molecule has 0 bridgehead atoms. The summed E-state index contributed by atoms with van der Waals surface area (Å²) in [6.07, 6.45) is 1.21. The van der Waals surface area contributed by atoms with Gasteiger partial charge in [0.25, 0.3) is 0 Å². The maximum atomic E-state index is 12.1. The fourth-order valence-corrected chi connectivity index (χ4v) is 2.59. The maximum Gasteiger partial charge on any atom is 0.249 e. The van der Waals surface area contributed by atoms with Gasteiger partial charge in [-0.2, -0.15) is 0 Å². The molecule has 5 nitrogen and oxygen atoms in total. The molecule has 0 saturated carbocycles. The van der Waals surface area contributed by atoms with Crippen LogP contribution in [0.4, 0.5) is 5.69 Å². The lowest BCUT2D eigenvalue weighted by molar-refractivity contribution is -0.131. The Morgan fingerprint density at radius 3 is 2.77 bits per heavy atom. The summed E-state index contributed by atoms with van der Waals surface area (Å²) in [5, 5.41) is 5.55. The third-order valence-electron chi connectivity index (χ3n) is 3.84. The Bertz CT molecular complexity index is 549. The van der Waals surface area contributed by atoms with Crippen molar-refractivity contribution in [2.45, 2.75) is 45.6 Å². The minimum absolute atomic E-state index is 0.0371. The zero-order chi connectivity index (χ0) is 16.1. The average Bonchev–Trinajstić information content (AvgIpc) is 3.01. The molecular weight excluding hydrogens is 280 g/mol. The fourth-order valence-electron chi connectivity index (χ4n) is 2.59. The van der Waals surface area contributed by atoms with Crippen molar-refractivity contribution in [1.29, 1.82) is 0 Å². The number of hydrogen-bond acceptors (Lipinski definition) is 3. The molecule has 1 aromatic rings. The van der Waals surface area contributed by atoms with Crippen LogP contribution < -0.4 is 10.6 Å². The Labute approximate surface area is 131 Å². The molecular formula is C17H24N2O3. The zero-order valence-electron chi connectivity index (χ0n) is 13.4. The number of para-hydroxylation sites is 1. The maximum absolute atomic E-state index is 12.1. The zero-order valence-corrected chi connectivity index (χ0v) is 13.4. The molecule has 2 N–H and O–H groups in total. The van der Waals surface area contributed by atoms with Crippen LogP contribution in [0.25, 0.3) is 0 Å². The van der Waals surface area contributed by atoms with E-state index in [1.165, 1.54) is 0 Å². The van der Waals surface area contributed by atoms with Crippen LogP contribution in [0, 0.1) is 6.92 Å². The molecule has 1 heterocycles. The first-order valence-electron chi connectivity index (χ1n) is 7.77. The predicted octanol–water partition coefficient (Wildman–Crippen LogP) is 2.35. The summed E-state index contributed by atoms with van der Waals surface area (Å²) in [4.78, 5) is 23.9. The lowest BCUT2D eigenvalue weighted by Gasteiger charge is -2.17. The Hall–Kier alpha value is -1.88. The number of aryl methyl sites for hydroxylation is 1. The Balaban J connectivity index is 1.93. The molecule has 120 valence electrons. The van der Waals surface area contributed by atoms with Crippen molar-refractivity contribution in [3.63, 3.8) is 0 Å². The molecule has 0 spiro atoms. The van der Waals surface area contributed by atoms with E-state index in [0.29, 0.717) is 12.5 Å². The molecule has 2 rings (SSSR count). The van der Waals surface area contributed by atoms with Gasteiger partial charge in [0.1, 0.15) is 6.10 Å². The number of amides is 2. The van der Waals surface area contributed by atoms with E-state index >= 15 is 0 Å². The van der Waals surface area contributed by atoms with Crippen LogP contribution in [0.2, 0.25) is 0 Å². The van der Waals surface area contributed by atoms with Gasteiger partial charge in [0, 0.05) is 12.3 Å². The first-order valence-corrected chi connectivity index (χ1v) is 7.77. The van der Waals surface area contributed by atoms with Gasteiger partial charge in [-0.3, -0.25) is 9.59 Å². The minimum Gasteiger partial charge on any atom is -0.368 e. The molecule has 0 aromatic heterocycles. The van der Waals surface area contributed by atoms with E-state index in [2.05, 4.69) is 24.5 Å². The molecule has 0 aliphatic carbocycles. The van der Waals surface area contributed by atoms with E-state index in [1.54, 1.807) is 0 Å². The van der Waals surface area contributed by atoms with Gasteiger partial charge in [0.15, 0.2) is 0 Å². The van der Waals surface area contributed by atoms with Crippen LogP contribution in [0.5, 0.6) is 0 Å². The SMILES string of the molecule is Cc1cccc(C(C)C)c1NC(=O)CNC(=O)C1CCCO1. The number of benzene rings is 1. The second-order valence-electron chi connectivity index (χ2n) is 5.96. The second kappa shape index (κ2) is 7.40. The first-order chi connectivity index (χ1) is 10.5. The summed E-state index contributed by atoms with van der Waals surface area (Å²) in [7, 11) is 0. The highest BCUT2D eigenvalue weighted by Crippen LogP contribution is 2.27.